The molecule has 0 aromatic carbocycles. The van der Waals surface area contributed by atoms with Crippen LogP contribution in [0.15, 0.2) is 6.07 Å². The third-order valence-electron chi connectivity index (χ3n) is 1.37. The highest BCUT2D eigenvalue weighted by molar-refractivity contribution is 6.30. The number of hydrogen-bond acceptors (Lipinski definition) is 2. The lowest BCUT2D eigenvalue weighted by Gasteiger charge is -2.08. The second kappa shape index (κ2) is 3.83. The Morgan fingerprint density at radius 3 is 2.62 bits per heavy atom. The third kappa shape index (κ3) is 2.03. The smallest absolute Gasteiger partial charge is 0.267 e. The van der Waals surface area contributed by atoms with Gasteiger partial charge in [-0.15, -0.1) is 0 Å². The Balaban J connectivity index is 3.29. The van der Waals surface area contributed by atoms with Gasteiger partial charge < -0.3 is 4.74 Å². The Hall–Kier alpha value is -0.970. The molecular formula is C7H5ClF3NO. The van der Waals surface area contributed by atoms with Gasteiger partial charge in [-0.1, -0.05) is 11.6 Å². The number of halogens is 4. The molecule has 0 unspecified atom stereocenters. The first kappa shape index (κ1) is 10.1. The van der Waals surface area contributed by atoms with Crippen molar-refractivity contribution in [2.24, 2.45) is 0 Å². The molecule has 0 saturated heterocycles. The van der Waals surface area contributed by atoms with Crippen LogP contribution in [0.1, 0.15) is 12.0 Å². The van der Waals surface area contributed by atoms with Gasteiger partial charge in [0.2, 0.25) is 5.95 Å². The van der Waals surface area contributed by atoms with Crippen LogP contribution in [0.2, 0.25) is 5.15 Å². The van der Waals surface area contributed by atoms with Gasteiger partial charge >= 0.3 is 0 Å². The van der Waals surface area contributed by atoms with Gasteiger partial charge in [0.1, 0.15) is 0 Å². The molecule has 0 aliphatic rings. The summed E-state index contributed by atoms with van der Waals surface area (Å²) in [6, 6.07) is 0.593. The van der Waals surface area contributed by atoms with E-state index >= 15 is 0 Å². The molecule has 0 fully saturated rings. The Morgan fingerprint density at radius 2 is 2.15 bits per heavy atom. The average Bonchev–Trinajstić information content (AvgIpc) is 2.02. The summed E-state index contributed by atoms with van der Waals surface area (Å²) in [5.41, 5.74) is -0.597. The topological polar surface area (TPSA) is 22.1 Å². The van der Waals surface area contributed by atoms with E-state index in [1.807, 2.05) is 0 Å². The minimum Gasteiger partial charge on any atom is -0.493 e. The maximum atomic E-state index is 12.5. The average molecular weight is 212 g/mol. The van der Waals surface area contributed by atoms with Crippen LogP contribution in [0, 0.1) is 5.95 Å². The second-order valence-electron chi connectivity index (χ2n) is 2.16. The number of methoxy groups -OCH3 is 1. The Labute approximate surface area is 77.3 Å². The third-order valence-corrected chi connectivity index (χ3v) is 1.62. The molecule has 1 aromatic rings. The molecule has 0 amide bonds. The lowest BCUT2D eigenvalue weighted by atomic mass is 10.2. The number of ether oxygens (including phenoxy) is 1. The lowest BCUT2D eigenvalue weighted by Crippen LogP contribution is -1.97. The van der Waals surface area contributed by atoms with Crippen LogP contribution in [0.5, 0.6) is 5.75 Å². The van der Waals surface area contributed by atoms with E-state index in [4.69, 9.17) is 11.6 Å². The van der Waals surface area contributed by atoms with Crippen molar-refractivity contribution in [1.82, 2.24) is 4.98 Å². The fourth-order valence-corrected chi connectivity index (χ4v) is 1.12. The molecule has 0 N–H and O–H groups in total. The normalized spacial score (nSPS) is 10.6. The molecule has 0 radical (unpaired) electrons. The van der Waals surface area contributed by atoms with E-state index in [0.29, 0.717) is 6.07 Å². The Kier molecular flexibility index (Phi) is 2.98. The summed E-state index contributed by atoms with van der Waals surface area (Å²) >= 11 is 5.37. The van der Waals surface area contributed by atoms with Crippen LogP contribution in [0.25, 0.3) is 0 Å². The van der Waals surface area contributed by atoms with Gasteiger partial charge in [0.05, 0.1) is 12.7 Å². The van der Waals surface area contributed by atoms with Gasteiger partial charge in [-0.2, -0.15) is 4.39 Å². The van der Waals surface area contributed by atoms with Crippen molar-refractivity contribution in [3.63, 3.8) is 0 Å². The van der Waals surface area contributed by atoms with Crippen LogP contribution < -0.4 is 4.74 Å². The highest BCUT2D eigenvalue weighted by Crippen LogP contribution is 2.33. The van der Waals surface area contributed by atoms with E-state index in [1.54, 1.807) is 0 Å². The maximum absolute atomic E-state index is 12.5. The van der Waals surface area contributed by atoms with Crippen molar-refractivity contribution in [2.45, 2.75) is 6.43 Å². The van der Waals surface area contributed by atoms with Crippen molar-refractivity contribution >= 4 is 11.6 Å². The van der Waals surface area contributed by atoms with Crippen molar-refractivity contribution in [1.29, 1.82) is 0 Å². The predicted molar refractivity (Wildman–Crippen MR) is 40.7 cm³/mol. The molecular weight excluding hydrogens is 207 g/mol. The van der Waals surface area contributed by atoms with Gasteiger partial charge in [0, 0.05) is 6.07 Å². The lowest BCUT2D eigenvalue weighted by molar-refractivity contribution is 0.146. The van der Waals surface area contributed by atoms with Gasteiger partial charge in [0.25, 0.3) is 6.43 Å². The molecule has 2 nitrogen and oxygen atoms in total. The Morgan fingerprint density at radius 1 is 1.54 bits per heavy atom. The van der Waals surface area contributed by atoms with Crippen LogP contribution in [-0.4, -0.2) is 12.1 Å². The van der Waals surface area contributed by atoms with Crippen molar-refractivity contribution < 1.29 is 17.9 Å². The summed E-state index contributed by atoms with van der Waals surface area (Å²) in [4.78, 5) is 3.13. The van der Waals surface area contributed by atoms with Gasteiger partial charge in [-0.3, -0.25) is 0 Å². The fourth-order valence-electron chi connectivity index (χ4n) is 0.854. The largest absolute Gasteiger partial charge is 0.493 e. The minimum absolute atomic E-state index is 0.293. The molecule has 1 heterocycles. The van der Waals surface area contributed by atoms with Gasteiger partial charge in [-0.25, -0.2) is 13.8 Å². The summed E-state index contributed by atoms with van der Waals surface area (Å²) in [5.74, 6) is -1.35. The monoisotopic (exact) mass is 211 g/mol. The van der Waals surface area contributed by atoms with Gasteiger partial charge in [-0.05, 0) is 0 Å². The second-order valence-corrected chi connectivity index (χ2v) is 2.52. The van der Waals surface area contributed by atoms with E-state index in [2.05, 4.69) is 9.72 Å². The summed E-state index contributed by atoms with van der Waals surface area (Å²) < 4.78 is 41.6. The van der Waals surface area contributed by atoms with Crippen LogP contribution in [-0.2, 0) is 0 Å². The van der Waals surface area contributed by atoms with Crippen LogP contribution >= 0.6 is 11.6 Å². The molecule has 0 aliphatic heterocycles. The predicted octanol–water partition coefficient (Wildman–Crippen LogP) is 2.82. The van der Waals surface area contributed by atoms with E-state index in [0.717, 1.165) is 7.11 Å². The summed E-state index contributed by atoms with van der Waals surface area (Å²) in [6.45, 7) is 0. The highest BCUT2D eigenvalue weighted by Gasteiger charge is 2.19. The summed E-state index contributed by atoms with van der Waals surface area (Å²) in [5, 5.41) is -0.405. The summed E-state index contributed by atoms with van der Waals surface area (Å²) in [6.07, 6.45) is -2.84. The zero-order chi connectivity index (χ0) is 10.0. The summed E-state index contributed by atoms with van der Waals surface area (Å²) in [7, 11) is 1.16. The molecule has 13 heavy (non-hydrogen) atoms. The van der Waals surface area contributed by atoms with E-state index < -0.39 is 23.1 Å². The molecule has 0 atom stereocenters. The van der Waals surface area contributed by atoms with Crippen LogP contribution in [0.4, 0.5) is 13.2 Å². The first-order chi connectivity index (χ1) is 6.06. The number of aromatic nitrogens is 1. The van der Waals surface area contributed by atoms with Crippen molar-refractivity contribution in [2.75, 3.05) is 7.11 Å². The first-order valence-electron chi connectivity index (χ1n) is 3.24. The number of pyridine rings is 1. The van der Waals surface area contributed by atoms with Crippen molar-refractivity contribution in [3.05, 3.63) is 22.7 Å². The molecule has 0 spiro atoms. The highest BCUT2D eigenvalue weighted by atomic mass is 35.5. The number of rotatable bonds is 2. The number of nitrogens with zero attached hydrogens (tertiary/aromatic N) is 1. The number of alkyl halides is 2. The molecule has 72 valence electrons. The van der Waals surface area contributed by atoms with E-state index in [1.165, 1.54) is 0 Å². The quantitative estimate of drug-likeness (QED) is 0.702. The zero-order valence-electron chi connectivity index (χ0n) is 6.52. The number of hydrogen-bond donors (Lipinski definition) is 0. The molecule has 0 saturated carbocycles. The van der Waals surface area contributed by atoms with E-state index in [9.17, 15) is 13.2 Å². The Bertz CT molecular complexity index is 319. The standard InChI is InChI=1S/C7H5ClF3NO/c1-13-5-3(7(10)11)2-4(9)12-6(5)8/h2,7H,1H3. The van der Waals surface area contributed by atoms with Crippen LogP contribution in [0.3, 0.4) is 0 Å². The maximum Gasteiger partial charge on any atom is 0.267 e. The molecule has 1 rings (SSSR count). The van der Waals surface area contributed by atoms with Crippen molar-refractivity contribution in [3.8, 4) is 5.75 Å². The fraction of sp³-hybridized carbons (Fsp3) is 0.286. The first-order valence-corrected chi connectivity index (χ1v) is 3.62. The molecule has 0 bridgehead atoms. The molecule has 1 aromatic heterocycles. The SMILES string of the molecule is COc1c(C(F)F)cc(F)nc1Cl. The minimum atomic E-state index is -2.84. The van der Waals surface area contributed by atoms with Gasteiger partial charge in [0.15, 0.2) is 10.9 Å². The molecule has 6 heteroatoms. The zero-order valence-corrected chi connectivity index (χ0v) is 7.28. The van der Waals surface area contributed by atoms with E-state index in [-0.39, 0.29) is 5.75 Å². The molecule has 0 aliphatic carbocycles.